The molecule has 3 nitrogen and oxygen atoms in total. The summed E-state index contributed by atoms with van der Waals surface area (Å²) in [7, 11) is -2.97. The molecule has 2 aliphatic rings. The van der Waals surface area contributed by atoms with Gasteiger partial charge in [0, 0.05) is 23.8 Å². The lowest BCUT2D eigenvalue weighted by atomic mass is 9.81. The van der Waals surface area contributed by atoms with E-state index in [1.807, 2.05) is 11.8 Å². The average Bonchev–Trinajstić information content (AvgIpc) is 2.80. The molecule has 0 radical (unpaired) electrons. The number of Topliss-reactive ketones (excluding diaryl/α,β-unsaturated/α-hetero) is 1. The zero-order valence-corrected chi connectivity index (χ0v) is 11.9. The fourth-order valence-electron chi connectivity index (χ4n) is 2.88. The lowest BCUT2D eigenvalue weighted by Crippen LogP contribution is -2.33. The molecule has 0 aromatic heterocycles. The van der Waals surface area contributed by atoms with Crippen LogP contribution in [0.1, 0.15) is 32.1 Å². The van der Waals surface area contributed by atoms with Crippen molar-refractivity contribution in [2.75, 3.05) is 17.8 Å². The van der Waals surface area contributed by atoms with Crippen LogP contribution in [0, 0.1) is 11.8 Å². The number of ketones is 1. The summed E-state index contributed by atoms with van der Waals surface area (Å²) < 4.78 is 23.1. The van der Waals surface area contributed by atoms with Crippen LogP contribution in [-0.2, 0) is 14.6 Å². The molecule has 2 rings (SSSR count). The van der Waals surface area contributed by atoms with Crippen molar-refractivity contribution < 1.29 is 13.2 Å². The number of hydrogen-bond donors (Lipinski definition) is 0. The van der Waals surface area contributed by atoms with E-state index in [9.17, 15) is 13.2 Å². The fourth-order valence-corrected chi connectivity index (χ4v) is 5.29. The smallest absolute Gasteiger partial charge is 0.150 e. The Labute approximate surface area is 108 Å². The lowest BCUT2D eigenvalue weighted by Gasteiger charge is -2.28. The largest absolute Gasteiger partial charge is 0.299 e. The maximum atomic E-state index is 12.3. The van der Waals surface area contributed by atoms with E-state index in [0.29, 0.717) is 12.2 Å². The second-order valence-electron chi connectivity index (χ2n) is 5.28. The number of hydrogen-bond acceptors (Lipinski definition) is 4. The van der Waals surface area contributed by atoms with Crippen LogP contribution in [0.25, 0.3) is 0 Å². The van der Waals surface area contributed by atoms with Crippen LogP contribution in [0.15, 0.2) is 0 Å². The van der Waals surface area contributed by atoms with Crippen molar-refractivity contribution in [1.82, 2.24) is 0 Å². The molecule has 0 amide bonds. The van der Waals surface area contributed by atoms with Crippen molar-refractivity contribution in [3.05, 3.63) is 0 Å². The Kier molecular flexibility index (Phi) is 4.18. The molecular weight excluding hydrogens is 256 g/mol. The van der Waals surface area contributed by atoms with E-state index in [1.165, 1.54) is 6.26 Å². The summed E-state index contributed by atoms with van der Waals surface area (Å²) in [6, 6.07) is 0. The first-order chi connectivity index (χ1) is 7.98. The van der Waals surface area contributed by atoms with Gasteiger partial charge in [0.25, 0.3) is 0 Å². The molecule has 98 valence electrons. The second kappa shape index (κ2) is 5.31. The molecule has 0 spiro atoms. The number of thioether (sulfide) groups is 1. The third-order valence-electron chi connectivity index (χ3n) is 3.97. The lowest BCUT2D eigenvalue weighted by molar-refractivity contribution is -0.126. The minimum atomic E-state index is -2.97. The molecule has 1 saturated heterocycles. The third kappa shape index (κ3) is 3.25. The summed E-state index contributed by atoms with van der Waals surface area (Å²) in [5.41, 5.74) is 0. The van der Waals surface area contributed by atoms with E-state index in [2.05, 4.69) is 0 Å². The molecule has 3 unspecified atom stereocenters. The predicted octanol–water partition coefficient (Wildman–Crippen LogP) is 1.91. The SMILES string of the molecule is CS(=O)(=O)C1CCCC(C(=O)C2CCSC2)C1. The quantitative estimate of drug-likeness (QED) is 0.790. The third-order valence-corrected chi connectivity index (χ3v) is 6.77. The molecule has 3 atom stereocenters. The molecule has 0 aromatic carbocycles. The van der Waals surface area contributed by atoms with Crippen LogP contribution < -0.4 is 0 Å². The fraction of sp³-hybridized carbons (Fsp3) is 0.917. The van der Waals surface area contributed by atoms with Crippen LogP contribution in [-0.4, -0.2) is 37.2 Å². The van der Waals surface area contributed by atoms with Crippen molar-refractivity contribution in [3.63, 3.8) is 0 Å². The van der Waals surface area contributed by atoms with Gasteiger partial charge in [-0.3, -0.25) is 4.79 Å². The first-order valence-electron chi connectivity index (χ1n) is 6.29. The maximum absolute atomic E-state index is 12.3. The highest BCUT2D eigenvalue weighted by Crippen LogP contribution is 2.34. The van der Waals surface area contributed by atoms with Gasteiger partial charge >= 0.3 is 0 Å². The van der Waals surface area contributed by atoms with Gasteiger partial charge in [-0.25, -0.2) is 8.42 Å². The zero-order chi connectivity index (χ0) is 12.5. The Morgan fingerprint density at radius 2 is 1.94 bits per heavy atom. The molecule has 1 aliphatic carbocycles. The van der Waals surface area contributed by atoms with E-state index in [0.717, 1.165) is 37.2 Å². The molecule has 17 heavy (non-hydrogen) atoms. The number of carbonyl (C=O) groups excluding carboxylic acids is 1. The predicted molar refractivity (Wildman–Crippen MR) is 71.0 cm³/mol. The first kappa shape index (κ1) is 13.4. The molecule has 1 aliphatic heterocycles. The van der Waals surface area contributed by atoms with Crippen LogP contribution in [0.2, 0.25) is 0 Å². The van der Waals surface area contributed by atoms with E-state index >= 15 is 0 Å². The van der Waals surface area contributed by atoms with Crippen molar-refractivity contribution in [2.24, 2.45) is 11.8 Å². The Balaban J connectivity index is 1.99. The summed E-state index contributed by atoms with van der Waals surface area (Å²) >= 11 is 1.84. The van der Waals surface area contributed by atoms with Crippen molar-refractivity contribution >= 4 is 27.4 Å². The monoisotopic (exact) mass is 276 g/mol. The standard InChI is InChI=1S/C12H20O3S2/c1-17(14,15)11-4-2-3-9(7-11)12(13)10-5-6-16-8-10/h9-11H,2-8H2,1H3. The minimum Gasteiger partial charge on any atom is -0.299 e. The Hall–Kier alpha value is -0.0300. The van der Waals surface area contributed by atoms with Gasteiger partial charge in [0.15, 0.2) is 0 Å². The van der Waals surface area contributed by atoms with Gasteiger partial charge in [-0.05, 0) is 31.4 Å². The van der Waals surface area contributed by atoms with Crippen LogP contribution in [0.3, 0.4) is 0 Å². The molecule has 1 saturated carbocycles. The molecule has 0 N–H and O–H groups in total. The second-order valence-corrected chi connectivity index (χ2v) is 8.75. The van der Waals surface area contributed by atoms with Gasteiger partial charge in [0.1, 0.15) is 15.6 Å². The highest BCUT2D eigenvalue weighted by Gasteiger charge is 2.36. The summed E-state index contributed by atoms with van der Waals surface area (Å²) in [5.74, 6) is 2.57. The normalized spacial score (nSPS) is 34.8. The number of carbonyl (C=O) groups is 1. The topological polar surface area (TPSA) is 51.2 Å². The first-order valence-corrected chi connectivity index (χ1v) is 9.39. The number of rotatable bonds is 3. The van der Waals surface area contributed by atoms with Crippen LogP contribution >= 0.6 is 11.8 Å². The van der Waals surface area contributed by atoms with Gasteiger partial charge in [-0.2, -0.15) is 11.8 Å². The zero-order valence-electron chi connectivity index (χ0n) is 10.2. The Morgan fingerprint density at radius 1 is 1.18 bits per heavy atom. The minimum absolute atomic E-state index is 0.00664. The molecule has 2 fully saturated rings. The molecule has 0 aromatic rings. The molecule has 1 heterocycles. The summed E-state index contributed by atoms with van der Waals surface area (Å²) in [4.78, 5) is 12.3. The maximum Gasteiger partial charge on any atom is 0.150 e. The van der Waals surface area contributed by atoms with Crippen molar-refractivity contribution in [2.45, 2.75) is 37.4 Å². The van der Waals surface area contributed by atoms with E-state index in [-0.39, 0.29) is 17.1 Å². The summed E-state index contributed by atoms with van der Waals surface area (Å²) in [6.45, 7) is 0. The Morgan fingerprint density at radius 3 is 2.53 bits per heavy atom. The molecule has 5 heteroatoms. The van der Waals surface area contributed by atoms with Gasteiger partial charge in [-0.1, -0.05) is 6.42 Å². The van der Waals surface area contributed by atoms with E-state index < -0.39 is 9.84 Å². The van der Waals surface area contributed by atoms with E-state index in [1.54, 1.807) is 0 Å². The van der Waals surface area contributed by atoms with Gasteiger partial charge in [-0.15, -0.1) is 0 Å². The summed E-state index contributed by atoms with van der Waals surface area (Å²) in [6.07, 6.45) is 5.38. The van der Waals surface area contributed by atoms with Crippen LogP contribution in [0.4, 0.5) is 0 Å². The van der Waals surface area contributed by atoms with Crippen molar-refractivity contribution in [3.8, 4) is 0 Å². The van der Waals surface area contributed by atoms with E-state index in [4.69, 9.17) is 0 Å². The average molecular weight is 276 g/mol. The highest BCUT2D eigenvalue weighted by atomic mass is 32.2. The van der Waals surface area contributed by atoms with Gasteiger partial charge < -0.3 is 0 Å². The van der Waals surface area contributed by atoms with Crippen molar-refractivity contribution in [1.29, 1.82) is 0 Å². The number of sulfone groups is 1. The van der Waals surface area contributed by atoms with Gasteiger partial charge in [0.2, 0.25) is 0 Å². The van der Waals surface area contributed by atoms with Gasteiger partial charge in [0.05, 0.1) is 5.25 Å². The van der Waals surface area contributed by atoms with Crippen LogP contribution in [0.5, 0.6) is 0 Å². The Bertz CT molecular complexity index is 383. The molecular formula is C12H20O3S2. The highest BCUT2D eigenvalue weighted by molar-refractivity contribution is 7.99. The molecule has 0 bridgehead atoms. The summed E-state index contributed by atoms with van der Waals surface area (Å²) in [5, 5.41) is -0.278.